The molecule has 0 aliphatic rings. The van der Waals surface area contributed by atoms with Crippen molar-refractivity contribution in [3.05, 3.63) is 47.7 Å². The average molecular weight is 302 g/mol. The summed E-state index contributed by atoms with van der Waals surface area (Å²) in [7, 11) is 0. The number of aromatic nitrogens is 2. The monoisotopic (exact) mass is 302 g/mol. The van der Waals surface area contributed by atoms with Gasteiger partial charge < -0.3 is 16.2 Å². The zero-order chi connectivity index (χ0) is 16.1. The van der Waals surface area contributed by atoms with E-state index in [-0.39, 0.29) is 18.9 Å². The van der Waals surface area contributed by atoms with Crippen LogP contribution in [0.1, 0.15) is 23.7 Å². The van der Waals surface area contributed by atoms with E-state index in [2.05, 4.69) is 10.4 Å². The number of carbonyl (C=O) groups excluding carboxylic acids is 1. The molecule has 0 unspecified atom stereocenters. The molecule has 0 aliphatic heterocycles. The van der Waals surface area contributed by atoms with Gasteiger partial charge in [0, 0.05) is 6.07 Å². The molecule has 1 aromatic heterocycles. The zero-order valence-electron chi connectivity index (χ0n) is 12.2. The summed E-state index contributed by atoms with van der Waals surface area (Å²) >= 11 is 0. The van der Waals surface area contributed by atoms with Crippen molar-refractivity contribution in [1.82, 2.24) is 15.1 Å². The van der Waals surface area contributed by atoms with E-state index in [0.29, 0.717) is 5.82 Å². The Morgan fingerprint density at radius 2 is 2.05 bits per heavy atom. The minimum atomic E-state index is -0.983. The molecule has 116 valence electrons. The van der Waals surface area contributed by atoms with E-state index in [9.17, 15) is 9.59 Å². The summed E-state index contributed by atoms with van der Waals surface area (Å²) in [6.45, 7) is 1.73. The number of hydrogen-bond donors (Lipinski definition) is 3. The van der Waals surface area contributed by atoms with Crippen molar-refractivity contribution >= 4 is 17.7 Å². The lowest BCUT2D eigenvalue weighted by atomic mass is 10.0. The van der Waals surface area contributed by atoms with Crippen LogP contribution in [0, 0.1) is 6.92 Å². The number of carboxylic acid groups (broad SMARTS) is 1. The fraction of sp³-hybridized carbons (Fsp3) is 0.267. The molecule has 7 heteroatoms. The molecule has 0 spiro atoms. The molecule has 1 heterocycles. The van der Waals surface area contributed by atoms with E-state index in [1.807, 2.05) is 6.07 Å². The number of benzene rings is 1. The molecule has 7 nitrogen and oxygen atoms in total. The third-order valence-corrected chi connectivity index (χ3v) is 3.14. The van der Waals surface area contributed by atoms with E-state index < -0.39 is 12.0 Å². The quantitative estimate of drug-likeness (QED) is 0.740. The first-order chi connectivity index (χ1) is 10.5. The molecule has 1 atom stereocenters. The van der Waals surface area contributed by atoms with Gasteiger partial charge in [0.1, 0.15) is 12.4 Å². The first-order valence-corrected chi connectivity index (χ1v) is 6.81. The Labute approximate surface area is 127 Å². The molecule has 2 rings (SSSR count). The summed E-state index contributed by atoms with van der Waals surface area (Å²) in [4.78, 5) is 23.1. The fourth-order valence-corrected chi connectivity index (χ4v) is 2.18. The predicted molar refractivity (Wildman–Crippen MR) is 81.0 cm³/mol. The Bertz CT molecular complexity index is 667. The van der Waals surface area contributed by atoms with Crippen molar-refractivity contribution in [2.24, 2.45) is 0 Å². The van der Waals surface area contributed by atoms with Crippen LogP contribution < -0.4 is 11.1 Å². The van der Waals surface area contributed by atoms with Gasteiger partial charge >= 0.3 is 5.97 Å². The molecule has 0 saturated carbocycles. The SMILES string of the molecule is Cc1cc(N)n(CC(=O)N[C@@H](CC(=O)O)c2ccccc2)n1. The summed E-state index contributed by atoms with van der Waals surface area (Å²) < 4.78 is 1.38. The molecule has 0 fully saturated rings. The van der Waals surface area contributed by atoms with Gasteiger partial charge in [0.25, 0.3) is 0 Å². The van der Waals surface area contributed by atoms with Crippen LogP contribution in [0.3, 0.4) is 0 Å². The highest BCUT2D eigenvalue weighted by atomic mass is 16.4. The summed E-state index contributed by atoms with van der Waals surface area (Å²) in [5, 5.41) is 15.8. The number of aliphatic carboxylic acids is 1. The molecule has 1 amide bonds. The van der Waals surface area contributed by atoms with Gasteiger partial charge in [0.15, 0.2) is 0 Å². The van der Waals surface area contributed by atoms with Crippen molar-refractivity contribution < 1.29 is 14.7 Å². The van der Waals surface area contributed by atoms with Crippen molar-refractivity contribution in [2.45, 2.75) is 25.9 Å². The van der Waals surface area contributed by atoms with E-state index in [1.54, 1.807) is 37.3 Å². The van der Waals surface area contributed by atoms with Crippen LogP contribution in [0.5, 0.6) is 0 Å². The minimum Gasteiger partial charge on any atom is -0.481 e. The number of nitrogens with zero attached hydrogens (tertiary/aromatic N) is 2. The molecule has 0 radical (unpaired) electrons. The van der Waals surface area contributed by atoms with Gasteiger partial charge in [-0.05, 0) is 12.5 Å². The van der Waals surface area contributed by atoms with E-state index in [4.69, 9.17) is 10.8 Å². The zero-order valence-corrected chi connectivity index (χ0v) is 12.2. The standard InChI is InChI=1S/C15H18N4O3/c1-10-7-13(16)19(18-10)9-14(20)17-12(8-15(21)22)11-5-3-2-4-6-11/h2-7,12H,8-9,16H2,1H3,(H,17,20)(H,21,22)/t12-/m0/s1. The maximum Gasteiger partial charge on any atom is 0.305 e. The molecule has 4 N–H and O–H groups in total. The van der Waals surface area contributed by atoms with Crippen molar-refractivity contribution in [1.29, 1.82) is 0 Å². The molecule has 0 aliphatic carbocycles. The van der Waals surface area contributed by atoms with E-state index in [0.717, 1.165) is 11.3 Å². The van der Waals surface area contributed by atoms with Crippen LogP contribution in [-0.4, -0.2) is 26.8 Å². The predicted octanol–water partition coefficient (Wildman–Crippen LogP) is 1.11. The lowest BCUT2D eigenvalue weighted by Gasteiger charge is -2.17. The van der Waals surface area contributed by atoms with Gasteiger partial charge in [0.2, 0.25) is 5.91 Å². The lowest BCUT2D eigenvalue weighted by molar-refractivity contribution is -0.137. The number of rotatable bonds is 6. The maximum atomic E-state index is 12.1. The number of nitrogens with one attached hydrogen (secondary N) is 1. The number of nitrogens with two attached hydrogens (primary N) is 1. The van der Waals surface area contributed by atoms with Crippen molar-refractivity contribution in [3.63, 3.8) is 0 Å². The Balaban J connectivity index is 2.08. The van der Waals surface area contributed by atoms with Crippen LogP contribution in [0.4, 0.5) is 5.82 Å². The van der Waals surface area contributed by atoms with E-state index in [1.165, 1.54) is 4.68 Å². The van der Waals surface area contributed by atoms with Gasteiger partial charge in [-0.15, -0.1) is 0 Å². The Morgan fingerprint density at radius 3 is 2.59 bits per heavy atom. The van der Waals surface area contributed by atoms with Crippen LogP contribution in [-0.2, 0) is 16.1 Å². The first kappa shape index (κ1) is 15.6. The Kier molecular flexibility index (Phi) is 4.77. The van der Waals surface area contributed by atoms with Gasteiger partial charge in [-0.3, -0.25) is 9.59 Å². The Morgan fingerprint density at radius 1 is 1.36 bits per heavy atom. The van der Waals surface area contributed by atoms with Gasteiger partial charge in [0.05, 0.1) is 18.2 Å². The van der Waals surface area contributed by atoms with Crippen LogP contribution in [0.15, 0.2) is 36.4 Å². The summed E-state index contributed by atoms with van der Waals surface area (Å²) in [6.07, 6.45) is -0.191. The van der Waals surface area contributed by atoms with Crippen LogP contribution in [0.25, 0.3) is 0 Å². The minimum absolute atomic E-state index is 0.0530. The number of amides is 1. The Hall–Kier alpha value is -2.83. The summed E-state index contributed by atoms with van der Waals surface area (Å²) in [5.41, 5.74) is 7.20. The lowest BCUT2D eigenvalue weighted by Crippen LogP contribution is -2.33. The topological polar surface area (TPSA) is 110 Å². The van der Waals surface area contributed by atoms with Crippen molar-refractivity contribution in [3.8, 4) is 0 Å². The molecule has 0 saturated heterocycles. The van der Waals surface area contributed by atoms with Gasteiger partial charge in [-0.1, -0.05) is 30.3 Å². The second kappa shape index (κ2) is 6.75. The van der Waals surface area contributed by atoms with Crippen LogP contribution >= 0.6 is 0 Å². The second-order valence-electron chi connectivity index (χ2n) is 5.00. The number of carbonyl (C=O) groups is 2. The molecule has 2 aromatic rings. The number of anilines is 1. The first-order valence-electron chi connectivity index (χ1n) is 6.81. The number of hydrogen-bond acceptors (Lipinski definition) is 4. The van der Waals surface area contributed by atoms with Gasteiger partial charge in [-0.2, -0.15) is 5.10 Å². The largest absolute Gasteiger partial charge is 0.481 e. The van der Waals surface area contributed by atoms with Crippen LogP contribution in [0.2, 0.25) is 0 Å². The number of aryl methyl sites for hydroxylation is 1. The molecular formula is C15H18N4O3. The molecule has 0 bridgehead atoms. The third kappa shape index (κ3) is 4.08. The maximum absolute atomic E-state index is 12.1. The second-order valence-corrected chi connectivity index (χ2v) is 5.00. The smallest absolute Gasteiger partial charge is 0.305 e. The number of nitrogen functional groups attached to an aromatic ring is 1. The molecular weight excluding hydrogens is 284 g/mol. The summed E-state index contributed by atoms with van der Waals surface area (Å²) in [6, 6.07) is 10.1. The fourth-order valence-electron chi connectivity index (χ4n) is 2.18. The van der Waals surface area contributed by atoms with E-state index >= 15 is 0 Å². The third-order valence-electron chi connectivity index (χ3n) is 3.14. The molecule has 1 aromatic carbocycles. The highest BCUT2D eigenvalue weighted by molar-refractivity contribution is 5.77. The highest BCUT2D eigenvalue weighted by Gasteiger charge is 2.18. The van der Waals surface area contributed by atoms with Crippen molar-refractivity contribution in [2.75, 3.05) is 5.73 Å². The molecule has 22 heavy (non-hydrogen) atoms. The highest BCUT2D eigenvalue weighted by Crippen LogP contribution is 2.16. The number of carboxylic acids is 1. The van der Waals surface area contributed by atoms with Gasteiger partial charge in [-0.25, -0.2) is 4.68 Å². The average Bonchev–Trinajstić information content (AvgIpc) is 2.76. The summed E-state index contributed by atoms with van der Waals surface area (Å²) in [5.74, 6) is -0.935. The normalized spacial score (nSPS) is 11.9.